The number of aryl methyl sites for hydroxylation is 1. The van der Waals surface area contributed by atoms with E-state index in [1.165, 1.54) is 0 Å². The highest BCUT2D eigenvalue weighted by molar-refractivity contribution is 6.29. The maximum atomic E-state index is 5.99. The van der Waals surface area contributed by atoms with Gasteiger partial charge in [-0.05, 0) is 32.9 Å². The van der Waals surface area contributed by atoms with Crippen LogP contribution in [-0.2, 0) is 11.3 Å². The van der Waals surface area contributed by atoms with Crippen molar-refractivity contribution in [2.24, 2.45) is 0 Å². The maximum Gasteiger partial charge on any atom is 0.158 e. The van der Waals surface area contributed by atoms with Crippen molar-refractivity contribution in [1.29, 1.82) is 0 Å². The number of ether oxygens (including phenoxy) is 1. The third-order valence-electron chi connectivity index (χ3n) is 2.73. The minimum absolute atomic E-state index is 0.00499. The molecule has 5 nitrogen and oxygen atoms in total. The molecule has 2 heterocycles. The van der Waals surface area contributed by atoms with Crippen LogP contribution >= 0.6 is 11.6 Å². The second kappa shape index (κ2) is 6.72. The van der Waals surface area contributed by atoms with Crippen LogP contribution in [0.3, 0.4) is 0 Å². The van der Waals surface area contributed by atoms with Gasteiger partial charge in [-0.25, -0.2) is 9.97 Å². The Morgan fingerprint density at radius 3 is 2.85 bits per heavy atom. The van der Waals surface area contributed by atoms with Gasteiger partial charge in [-0.2, -0.15) is 0 Å². The summed E-state index contributed by atoms with van der Waals surface area (Å²) in [6, 6.07) is 5.55. The van der Waals surface area contributed by atoms with E-state index in [-0.39, 0.29) is 6.04 Å². The van der Waals surface area contributed by atoms with Gasteiger partial charge in [0.1, 0.15) is 29.1 Å². The zero-order valence-corrected chi connectivity index (χ0v) is 12.6. The lowest BCUT2D eigenvalue weighted by Crippen LogP contribution is -2.09. The zero-order chi connectivity index (χ0) is 14.5. The molecule has 20 heavy (non-hydrogen) atoms. The molecule has 0 bridgehead atoms. The summed E-state index contributed by atoms with van der Waals surface area (Å²) in [5, 5.41) is 3.63. The van der Waals surface area contributed by atoms with Crippen LogP contribution in [0.2, 0.25) is 5.15 Å². The summed E-state index contributed by atoms with van der Waals surface area (Å²) in [6.07, 6.45) is 0. The Morgan fingerprint density at radius 2 is 2.20 bits per heavy atom. The lowest BCUT2D eigenvalue weighted by Gasteiger charge is -2.13. The van der Waals surface area contributed by atoms with Crippen molar-refractivity contribution < 1.29 is 9.15 Å². The summed E-state index contributed by atoms with van der Waals surface area (Å²) in [7, 11) is 0. The molecule has 6 heteroatoms. The van der Waals surface area contributed by atoms with Crippen LogP contribution in [-0.4, -0.2) is 16.6 Å². The van der Waals surface area contributed by atoms with Gasteiger partial charge in [0.2, 0.25) is 0 Å². The quantitative estimate of drug-likeness (QED) is 0.823. The number of furan rings is 1. The van der Waals surface area contributed by atoms with Crippen molar-refractivity contribution in [3.8, 4) is 0 Å². The van der Waals surface area contributed by atoms with Gasteiger partial charge in [0.15, 0.2) is 5.82 Å². The second-order valence-electron chi connectivity index (χ2n) is 4.44. The van der Waals surface area contributed by atoms with Gasteiger partial charge in [-0.3, -0.25) is 0 Å². The summed E-state index contributed by atoms with van der Waals surface area (Å²) in [4.78, 5) is 8.49. The van der Waals surface area contributed by atoms with Crippen molar-refractivity contribution in [1.82, 2.24) is 9.97 Å². The summed E-state index contributed by atoms with van der Waals surface area (Å²) < 4.78 is 10.9. The highest BCUT2D eigenvalue weighted by atomic mass is 35.5. The predicted molar refractivity (Wildman–Crippen MR) is 77.9 cm³/mol. The highest BCUT2D eigenvalue weighted by Gasteiger charge is 2.11. The first-order chi connectivity index (χ1) is 9.58. The van der Waals surface area contributed by atoms with E-state index in [1.807, 2.05) is 32.9 Å². The third-order valence-corrected chi connectivity index (χ3v) is 2.92. The van der Waals surface area contributed by atoms with E-state index in [0.29, 0.717) is 30.0 Å². The highest BCUT2D eigenvalue weighted by Crippen LogP contribution is 2.21. The van der Waals surface area contributed by atoms with Crippen LogP contribution in [0, 0.1) is 6.92 Å². The van der Waals surface area contributed by atoms with Gasteiger partial charge >= 0.3 is 0 Å². The first kappa shape index (κ1) is 14.8. The number of nitrogens with one attached hydrogen (secondary N) is 1. The summed E-state index contributed by atoms with van der Waals surface area (Å²) in [6.45, 7) is 6.79. The molecule has 1 unspecified atom stereocenters. The van der Waals surface area contributed by atoms with E-state index in [4.69, 9.17) is 20.8 Å². The van der Waals surface area contributed by atoms with Crippen LogP contribution in [0.5, 0.6) is 0 Å². The Balaban J connectivity index is 2.10. The Morgan fingerprint density at radius 1 is 1.40 bits per heavy atom. The summed E-state index contributed by atoms with van der Waals surface area (Å²) >= 11 is 5.99. The molecule has 0 aliphatic rings. The number of hydrogen-bond donors (Lipinski definition) is 1. The lowest BCUT2D eigenvalue weighted by molar-refractivity contribution is 0.128. The zero-order valence-electron chi connectivity index (χ0n) is 11.8. The molecular formula is C14H18ClN3O2. The molecule has 0 aromatic carbocycles. The Kier molecular flexibility index (Phi) is 4.98. The van der Waals surface area contributed by atoms with Crippen molar-refractivity contribution >= 4 is 17.4 Å². The minimum Gasteiger partial charge on any atom is -0.464 e. The van der Waals surface area contributed by atoms with E-state index >= 15 is 0 Å². The Hall–Kier alpha value is -1.59. The molecule has 1 N–H and O–H groups in total. The van der Waals surface area contributed by atoms with Crippen molar-refractivity contribution in [2.75, 3.05) is 11.9 Å². The fraction of sp³-hybridized carbons (Fsp3) is 0.429. The normalized spacial score (nSPS) is 12.4. The monoisotopic (exact) mass is 295 g/mol. The molecule has 2 aromatic heterocycles. The van der Waals surface area contributed by atoms with Gasteiger partial charge in [0.05, 0.1) is 6.04 Å². The minimum atomic E-state index is -0.00499. The third kappa shape index (κ3) is 3.95. The van der Waals surface area contributed by atoms with E-state index in [0.717, 1.165) is 11.5 Å². The number of hydrogen-bond acceptors (Lipinski definition) is 5. The molecule has 0 aliphatic heterocycles. The van der Waals surface area contributed by atoms with Crippen LogP contribution in [0.15, 0.2) is 22.6 Å². The largest absolute Gasteiger partial charge is 0.464 e. The lowest BCUT2D eigenvalue weighted by atomic mass is 10.2. The van der Waals surface area contributed by atoms with Gasteiger partial charge in [-0.1, -0.05) is 11.6 Å². The first-order valence-electron chi connectivity index (χ1n) is 6.52. The SMILES string of the molecule is CCOCc1nc(Cl)cc(NC(C)c2ccc(C)o2)n1. The predicted octanol–water partition coefficient (Wildman–Crippen LogP) is 3.74. The molecule has 0 saturated carbocycles. The van der Waals surface area contributed by atoms with Gasteiger partial charge in [0, 0.05) is 12.7 Å². The number of anilines is 1. The topological polar surface area (TPSA) is 60.2 Å². The van der Waals surface area contributed by atoms with Crippen LogP contribution < -0.4 is 5.32 Å². The molecule has 0 aliphatic carbocycles. The van der Waals surface area contributed by atoms with Gasteiger partial charge < -0.3 is 14.5 Å². The molecular weight excluding hydrogens is 278 g/mol. The standard InChI is InChI=1S/C14H18ClN3O2/c1-4-19-8-14-17-12(15)7-13(18-14)16-10(3)11-6-5-9(2)20-11/h5-7,10H,4,8H2,1-3H3,(H,16,17,18). The number of halogens is 1. The Bertz CT molecular complexity index is 571. The molecule has 1 atom stereocenters. The van der Waals surface area contributed by atoms with E-state index in [9.17, 15) is 0 Å². The van der Waals surface area contributed by atoms with E-state index in [1.54, 1.807) is 6.07 Å². The van der Waals surface area contributed by atoms with Crippen molar-refractivity contribution in [3.63, 3.8) is 0 Å². The van der Waals surface area contributed by atoms with Gasteiger partial charge in [0.25, 0.3) is 0 Å². The molecule has 0 spiro atoms. The molecule has 2 rings (SSSR count). The van der Waals surface area contributed by atoms with E-state index < -0.39 is 0 Å². The van der Waals surface area contributed by atoms with E-state index in [2.05, 4.69) is 15.3 Å². The molecule has 0 amide bonds. The van der Waals surface area contributed by atoms with Crippen LogP contribution in [0.25, 0.3) is 0 Å². The number of rotatable bonds is 6. The fourth-order valence-corrected chi connectivity index (χ4v) is 1.98. The molecule has 0 radical (unpaired) electrons. The van der Waals surface area contributed by atoms with Crippen LogP contribution in [0.4, 0.5) is 5.82 Å². The molecule has 108 valence electrons. The summed E-state index contributed by atoms with van der Waals surface area (Å²) in [5.74, 6) is 2.95. The smallest absolute Gasteiger partial charge is 0.158 e. The first-order valence-corrected chi connectivity index (χ1v) is 6.90. The number of aromatic nitrogens is 2. The Labute approximate surface area is 123 Å². The van der Waals surface area contributed by atoms with Crippen LogP contribution in [0.1, 0.15) is 37.2 Å². The van der Waals surface area contributed by atoms with Crippen molar-refractivity contribution in [2.45, 2.75) is 33.4 Å². The average molecular weight is 296 g/mol. The fourth-order valence-electron chi connectivity index (χ4n) is 1.78. The maximum absolute atomic E-state index is 5.99. The second-order valence-corrected chi connectivity index (χ2v) is 4.83. The summed E-state index contributed by atoms with van der Waals surface area (Å²) in [5.41, 5.74) is 0. The molecule has 0 fully saturated rings. The number of nitrogens with zero attached hydrogens (tertiary/aromatic N) is 2. The molecule has 2 aromatic rings. The average Bonchev–Trinajstić information content (AvgIpc) is 2.82. The van der Waals surface area contributed by atoms with Gasteiger partial charge in [-0.15, -0.1) is 0 Å². The molecule has 0 saturated heterocycles. The van der Waals surface area contributed by atoms with Crippen molar-refractivity contribution in [3.05, 3.63) is 40.7 Å².